The van der Waals surface area contributed by atoms with Gasteiger partial charge < -0.3 is 9.32 Å². The summed E-state index contributed by atoms with van der Waals surface area (Å²) >= 11 is 0. The minimum absolute atomic E-state index is 0.882. The van der Waals surface area contributed by atoms with Crippen LogP contribution >= 0.6 is 0 Å². The molecule has 0 bridgehead atoms. The Balaban J connectivity index is 1.04. The molecule has 0 spiro atoms. The van der Waals surface area contributed by atoms with Crippen molar-refractivity contribution < 1.29 is 4.42 Å². The molecule has 2 heteroatoms. The van der Waals surface area contributed by atoms with E-state index < -0.39 is 0 Å². The second kappa shape index (κ2) is 14.1. The Morgan fingerprint density at radius 3 is 1.53 bits per heavy atom. The highest BCUT2D eigenvalue weighted by Crippen LogP contribution is 2.46. The second-order valence-corrected chi connectivity index (χ2v) is 14.9. The maximum absolute atomic E-state index is 6.39. The second-order valence-electron chi connectivity index (χ2n) is 14.9. The van der Waals surface area contributed by atoms with Crippen LogP contribution in [0.1, 0.15) is 0 Å². The Morgan fingerprint density at radius 2 is 0.776 bits per heavy atom. The Labute approximate surface area is 337 Å². The molecular weight excluding hydrogens is 703 g/mol. The highest BCUT2D eigenvalue weighted by Gasteiger charge is 2.21. The fourth-order valence-corrected chi connectivity index (χ4v) is 8.61. The molecule has 2 nitrogen and oxygen atoms in total. The molecule has 0 N–H and O–H groups in total. The number of benzene rings is 10. The smallest absolute Gasteiger partial charge is 0.136 e. The largest absolute Gasteiger partial charge is 0.456 e. The van der Waals surface area contributed by atoms with Gasteiger partial charge >= 0.3 is 0 Å². The van der Waals surface area contributed by atoms with Crippen molar-refractivity contribution in [2.75, 3.05) is 4.90 Å². The monoisotopic (exact) mass is 739 g/mol. The number of rotatable bonds is 7. The summed E-state index contributed by atoms with van der Waals surface area (Å²) in [4.78, 5) is 2.41. The Hall–Kier alpha value is -7.68. The number of anilines is 3. The lowest BCUT2D eigenvalue weighted by molar-refractivity contribution is 0.669. The van der Waals surface area contributed by atoms with E-state index in [0.29, 0.717) is 0 Å². The highest BCUT2D eigenvalue weighted by molar-refractivity contribution is 6.06. The molecule has 0 saturated heterocycles. The van der Waals surface area contributed by atoms with Gasteiger partial charge in [-0.25, -0.2) is 0 Å². The van der Waals surface area contributed by atoms with Crippen molar-refractivity contribution in [2.45, 2.75) is 0 Å². The molecule has 10 aromatic carbocycles. The SMILES string of the molecule is c1ccc(N(c2ccc(-c3ccc(-c4cccc5ccccc45)cc3)cc2)c2ccccc2-c2ccc3c(c2)oc2ccccc23)c(-c2ccc3ccccc3c2)c1. The molecule has 11 aromatic rings. The maximum Gasteiger partial charge on any atom is 0.136 e. The van der Waals surface area contributed by atoms with Gasteiger partial charge in [-0.15, -0.1) is 0 Å². The molecule has 11 rings (SSSR count). The first-order valence-electron chi connectivity index (χ1n) is 19.8. The van der Waals surface area contributed by atoms with E-state index in [1.54, 1.807) is 0 Å². The van der Waals surface area contributed by atoms with E-state index >= 15 is 0 Å². The van der Waals surface area contributed by atoms with Crippen LogP contribution < -0.4 is 4.90 Å². The average molecular weight is 740 g/mol. The molecular formula is C56H37NO. The molecule has 0 radical (unpaired) electrons. The van der Waals surface area contributed by atoms with Gasteiger partial charge in [0, 0.05) is 27.6 Å². The molecule has 1 heterocycles. The van der Waals surface area contributed by atoms with Crippen LogP contribution in [-0.2, 0) is 0 Å². The van der Waals surface area contributed by atoms with E-state index in [1.165, 1.54) is 49.4 Å². The summed E-state index contributed by atoms with van der Waals surface area (Å²) in [6.07, 6.45) is 0. The van der Waals surface area contributed by atoms with Crippen molar-refractivity contribution in [3.63, 3.8) is 0 Å². The van der Waals surface area contributed by atoms with Gasteiger partial charge in [-0.3, -0.25) is 0 Å². The fourth-order valence-electron chi connectivity index (χ4n) is 8.61. The molecule has 0 saturated carbocycles. The van der Waals surface area contributed by atoms with Crippen molar-refractivity contribution in [1.29, 1.82) is 0 Å². The van der Waals surface area contributed by atoms with Gasteiger partial charge in [-0.05, 0) is 103 Å². The molecule has 0 amide bonds. The summed E-state index contributed by atoms with van der Waals surface area (Å²) in [5.74, 6) is 0. The van der Waals surface area contributed by atoms with Gasteiger partial charge in [0.25, 0.3) is 0 Å². The molecule has 0 fully saturated rings. The van der Waals surface area contributed by atoms with E-state index in [-0.39, 0.29) is 0 Å². The minimum atomic E-state index is 0.882. The molecule has 58 heavy (non-hydrogen) atoms. The lowest BCUT2D eigenvalue weighted by atomic mass is 9.95. The molecule has 272 valence electrons. The van der Waals surface area contributed by atoms with Gasteiger partial charge in [0.05, 0.1) is 11.4 Å². The van der Waals surface area contributed by atoms with Crippen LogP contribution in [0, 0.1) is 0 Å². The van der Waals surface area contributed by atoms with E-state index in [4.69, 9.17) is 4.42 Å². The van der Waals surface area contributed by atoms with Crippen LogP contribution in [0.4, 0.5) is 17.1 Å². The quantitative estimate of drug-likeness (QED) is 0.162. The highest BCUT2D eigenvalue weighted by atomic mass is 16.3. The first-order valence-corrected chi connectivity index (χ1v) is 19.8. The van der Waals surface area contributed by atoms with E-state index in [0.717, 1.165) is 55.7 Å². The summed E-state index contributed by atoms with van der Waals surface area (Å²) in [5.41, 5.74) is 14.4. The predicted molar refractivity (Wildman–Crippen MR) is 245 cm³/mol. The van der Waals surface area contributed by atoms with E-state index in [9.17, 15) is 0 Å². The van der Waals surface area contributed by atoms with Gasteiger partial charge in [0.1, 0.15) is 11.2 Å². The van der Waals surface area contributed by atoms with Gasteiger partial charge in [-0.2, -0.15) is 0 Å². The van der Waals surface area contributed by atoms with Crippen molar-refractivity contribution in [2.24, 2.45) is 0 Å². The number of para-hydroxylation sites is 3. The average Bonchev–Trinajstić information content (AvgIpc) is 3.67. The first kappa shape index (κ1) is 33.6. The van der Waals surface area contributed by atoms with Crippen LogP contribution in [0.2, 0.25) is 0 Å². The van der Waals surface area contributed by atoms with Gasteiger partial charge in [0.2, 0.25) is 0 Å². The van der Waals surface area contributed by atoms with Crippen LogP contribution in [0.5, 0.6) is 0 Å². The molecule has 0 aliphatic heterocycles. The zero-order valence-corrected chi connectivity index (χ0v) is 31.7. The fraction of sp³-hybridized carbons (Fsp3) is 0. The lowest BCUT2D eigenvalue weighted by Gasteiger charge is -2.30. The topological polar surface area (TPSA) is 16.4 Å². The molecule has 0 aliphatic rings. The van der Waals surface area contributed by atoms with Gasteiger partial charge in [-0.1, -0.05) is 176 Å². The summed E-state index contributed by atoms with van der Waals surface area (Å²) < 4.78 is 6.39. The summed E-state index contributed by atoms with van der Waals surface area (Å²) in [5, 5.41) is 7.22. The van der Waals surface area contributed by atoms with Crippen molar-refractivity contribution in [1.82, 2.24) is 0 Å². The molecule has 1 aromatic heterocycles. The Kier molecular flexibility index (Phi) is 8.19. The van der Waals surface area contributed by atoms with Crippen molar-refractivity contribution >= 4 is 60.5 Å². The number of nitrogens with zero attached hydrogens (tertiary/aromatic N) is 1. The summed E-state index contributed by atoms with van der Waals surface area (Å²) in [6, 6.07) is 80.8. The third-order valence-corrected chi connectivity index (χ3v) is 11.5. The molecule has 0 aliphatic carbocycles. The number of hydrogen-bond donors (Lipinski definition) is 0. The van der Waals surface area contributed by atoms with Crippen LogP contribution in [0.3, 0.4) is 0 Å². The minimum Gasteiger partial charge on any atom is -0.456 e. The number of furan rings is 1. The van der Waals surface area contributed by atoms with Crippen molar-refractivity contribution in [3.8, 4) is 44.5 Å². The lowest BCUT2D eigenvalue weighted by Crippen LogP contribution is -2.12. The van der Waals surface area contributed by atoms with Crippen LogP contribution in [0.25, 0.3) is 88.0 Å². The Bertz CT molecular complexity index is 3280. The third-order valence-electron chi connectivity index (χ3n) is 11.5. The normalized spacial score (nSPS) is 11.4. The Morgan fingerprint density at radius 1 is 0.276 bits per heavy atom. The molecule has 0 atom stereocenters. The van der Waals surface area contributed by atoms with Crippen LogP contribution in [0.15, 0.2) is 229 Å². The number of hydrogen-bond acceptors (Lipinski definition) is 2. The predicted octanol–water partition coefficient (Wildman–Crippen LogP) is 16.0. The van der Waals surface area contributed by atoms with E-state index in [2.05, 4.69) is 217 Å². The van der Waals surface area contributed by atoms with E-state index in [1.807, 2.05) is 12.1 Å². The van der Waals surface area contributed by atoms with Crippen LogP contribution in [-0.4, -0.2) is 0 Å². The number of fused-ring (bicyclic) bond motifs is 5. The van der Waals surface area contributed by atoms with Gasteiger partial charge in [0.15, 0.2) is 0 Å². The maximum atomic E-state index is 6.39. The first-order chi connectivity index (χ1) is 28.7. The summed E-state index contributed by atoms with van der Waals surface area (Å²) in [6.45, 7) is 0. The third kappa shape index (κ3) is 5.91. The zero-order valence-electron chi connectivity index (χ0n) is 31.7. The van der Waals surface area contributed by atoms with Crippen molar-refractivity contribution in [3.05, 3.63) is 224 Å². The zero-order chi connectivity index (χ0) is 38.4. The summed E-state index contributed by atoms with van der Waals surface area (Å²) in [7, 11) is 0. The standard InChI is InChI=1S/C56H37NO/c1-2-14-43-36-44(29-26-38(43)12-1)49-17-5-8-21-53(49)57(54-22-9-6-18-50(54)45-32-35-52-51-19-7-10-23-55(51)58-56(52)37-45)46-33-30-40(31-34-46)39-24-27-42(28-25-39)48-20-11-15-41-13-3-4-16-47(41)48/h1-37H. The molecule has 0 unspecified atom stereocenters.